The number of nitriles is 2. The summed E-state index contributed by atoms with van der Waals surface area (Å²) in [7, 11) is 0. The van der Waals surface area contributed by atoms with Crippen molar-refractivity contribution in [3.63, 3.8) is 0 Å². The van der Waals surface area contributed by atoms with E-state index in [0.717, 1.165) is 0 Å². The molecule has 2 aromatic rings. The molecule has 2 rings (SSSR count). The number of hydrogen-bond donors (Lipinski definition) is 2. The van der Waals surface area contributed by atoms with Crippen LogP contribution in [0.15, 0.2) is 29.1 Å². The van der Waals surface area contributed by atoms with Gasteiger partial charge in [0.1, 0.15) is 29.1 Å². The number of aromatic nitrogens is 1. The maximum atomic E-state index is 12.0. The summed E-state index contributed by atoms with van der Waals surface area (Å²) in [5.74, 6) is 5.25. The molecule has 1 aromatic carbocycles. The van der Waals surface area contributed by atoms with E-state index in [4.69, 9.17) is 23.2 Å². The number of benzene rings is 1. The Bertz CT molecular complexity index is 842. The van der Waals surface area contributed by atoms with Crippen LogP contribution < -0.4 is 17.1 Å². The van der Waals surface area contributed by atoms with Crippen LogP contribution in [0.5, 0.6) is 0 Å². The van der Waals surface area contributed by atoms with Gasteiger partial charge in [0.05, 0.1) is 0 Å². The first kappa shape index (κ1) is 13.5. The molecule has 0 aliphatic carbocycles. The predicted octanol–water partition coefficient (Wildman–Crippen LogP) is 1.21. The molecule has 0 unspecified atom stereocenters. The fraction of sp³-hybridized carbons (Fsp3) is 0. The molecule has 0 radical (unpaired) electrons. The van der Waals surface area contributed by atoms with Crippen LogP contribution in [-0.2, 0) is 0 Å². The second kappa shape index (κ2) is 4.96. The van der Waals surface area contributed by atoms with Crippen LogP contribution in [0.25, 0.3) is 11.1 Å². The number of hydrogen-bond acceptors (Lipinski definition) is 5. The van der Waals surface area contributed by atoms with Crippen LogP contribution in [0.1, 0.15) is 11.1 Å². The first-order valence-corrected chi connectivity index (χ1v) is 5.79. The van der Waals surface area contributed by atoms with E-state index in [1.54, 1.807) is 30.3 Å². The Balaban J connectivity index is 3.05. The van der Waals surface area contributed by atoms with Crippen LogP contribution in [-0.4, -0.2) is 4.68 Å². The highest BCUT2D eigenvalue weighted by Crippen LogP contribution is 2.33. The number of pyridine rings is 1. The second-order valence-corrected chi connectivity index (χ2v) is 4.30. The SMILES string of the molecule is N#Cc1c(-c2ccccc2Cl)c(C#N)c(=O)n(N)c1N. The highest BCUT2D eigenvalue weighted by Gasteiger charge is 2.22. The summed E-state index contributed by atoms with van der Waals surface area (Å²) < 4.78 is 0.581. The van der Waals surface area contributed by atoms with Gasteiger partial charge in [0, 0.05) is 16.1 Å². The molecular weight excluding hydrogens is 278 g/mol. The second-order valence-electron chi connectivity index (χ2n) is 3.89. The van der Waals surface area contributed by atoms with Crippen molar-refractivity contribution >= 4 is 17.4 Å². The van der Waals surface area contributed by atoms with Gasteiger partial charge < -0.3 is 11.6 Å². The molecule has 6 nitrogen and oxygen atoms in total. The Morgan fingerprint density at radius 1 is 1.15 bits per heavy atom. The lowest BCUT2D eigenvalue weighted by Crippen LogP contribution is -2.33. The highest BCUT2D eigenvalue weighted by atomic mass is 35.5. The van der Waals surface area contributed by atoms with Crippen molar-refractivity contribution in [2.75, 3.05) is 11.6 Å². The minimum absolute atomic E-state index is 0.0586. The van der Waals surface area contributed by atoms with E-state index in [0.29, 0.717) is 15.3 Å². The van der Waals surface area contributed by atoms with Crippen LogP contribution >= 0.6 is 11.6 Å². The topological polar surface area (TPSA) is 122 Å². The number of nitrogen functional groups attached to an aromatic ring is 2. The fourth-order valence-electron chi connectivity index (χ4n) is 1.86. The summed E-state index contributed by atoms with van der Waals surface area (Å²) >= 11 is 6.06. The van der Waals surface area contributed by atoms with Crippen molar-refractivity contribution in [3.05, 3.63) is 50.8 Å². The molecule has 0 aliphatic rings. The Hall–Kier alpha value is -2.96. The first-order chi connectivity index (χ1) is 9.52. The van der Waals surface area contributed by atoms with Crippen LogP contribution in [0.2, 0.25) is 5.02 Å². The lowest BCUT2D eigenvalue weighted by Gasteiger charge is -2.13. The van der Waals surface area contributed by atoms with Gasteiger partial charge >= 0.3 is 0 Å². The van der Waals surface area contributed by atoms with Gasteiger partial charge in [-0.25, -0.2) is 4.68 Å². The summed E-state index contributed by atoms with van der Waals surface area (Å²) in [6.07, 6.45) is 0. The van der Waals surface area contributed by atoms with Crippen molar-refractivity contribution in [1.29, 1.82) is 10.5 Å². The van der Waals surface area contributed by atoms with Gasteiger partial charge in [0.15, 0.2) is 0 Å². The molecule has 1 heterocycles. The normalized spacial score (nSPS) is 9.75. The minimum Gasteiger partial charge on any atom is -0.382 e. The molecule has 1 aromatic heterocycles. The van der Waals surface area contributed by atoms with Gasteiger partial charge in [-0.3, -0.25) is 4.79 Å². The fourth-order valence-corrected chi connectivity index (χ4v) is 2.09. The summed E-state index contributed by atoms with van der Waals surface area (Å²) in [4.78, 5) is 12.0. The van der Waals surface area contributed by atoms with E-state index in [2.05, 4.69) is 0 Å². The first-order valence-electron chi connectivity index (χ1n) is 5.41. The monoisotopic (exact) mass is 285 g/mol. The Morgan fingerprint density at radius 3 is 2.30 bits per heavy atom. The smallest absolute Gasteiger partial charge is 0.289 e. The van der Waals surface area contributed by atoms with Gasteiger partial charge in [-0.15, -0.1) is 0 Å². The van der Waals surface area contributed by atoms with Gasteiger partial charge in [0.2, 0.25) is 0 Å². The zero-order chi connectivity index (χ0) is 14.9. The number of rotatable bonds is 1. The zero-order valence-electron chi connectivity index (χ0n) is 10.1. The Labute approximate surface area is 119 Å². The number of anilines is 1. The lowest BCUT2D eigenvalue weighted by molar-refractivity contribution is 0.942. The third-order valence-corrected chi connectivity index (χ3v) is 3.14. The number of nitrogens with two attached hydrogens (primary N) is 2. The maximum Gasteiger partial charge on any atom is 0.289 e. The molecule has 0 saturated heterocycles. The molecule has 4 N–H and O–H groups in total. The van der Waals surface area contributed by atoms with Crippen LogP contribution in [0, 0.1) is 22.7 Å². The van der Waals surface area contributed by atoms with Crippen molar-refractivity contribution in [3.8, 4) is 23.3 Å². The quantitative estimate of drug-likeness (QED) is 0.763. The van der Waals surface area contributed by atoms with Crippen LogP contribution in [0.4, 0.5) is 5.82 Å². The Kier molecular flexibility index (Phi) is 3.34. The van der Waals surface area contributed by atoms with E-state index in [-0.39, 0.29) is 22.5 Å². The number of nitrogens with zero attached hydrogens (tertiary/aromatic N) is 3. The molecule has 0 amide bonds. The molecule has 7 heteroatoms. The van der Waals surface area contributed by atoms with E-state index in [9.17, 15) is 15.3 Å². The summed E-state index contributed by atoms with van der Waals surface area (Å²) in [5, 5.41) is 18.7. The van der Waals surface area contributed by atoms with Crippen molar-refractivity contribution in [2.45, 2.75) is 0 Å². The third-order valence-electron chi connectivity index (χ3n) is 2.82. The minimum atomic E-state index is -0.779. The maximum absolute atomic E-state index is 12.0. The largest absolute Gasteiger partial charge is 0.382 e. The highest BCUT2D eigenvalue weighted by molar-refractivity contribution is 6.33. The van der Waals surface area contributed by atoms with E-state index < -0.39 is 5.56 Å². The van der Waals surface area contributed by atoms with Crippen molar-refractivity contribution in [1.82, 2.24) is 4.68 Å². The molecule has 0 spiro atoms. The summed E-state index contributed by atoms with van der Waals surface area (Å²) in [5.41, 5.74) is 5.04. The molecule has 0 atom stereocenters. The summed E-state index contributed by atoms with van der Waals surface area (Å²) in [6.45, 7) is 0. The van der Waals surface area contributed by atoms with E-state index in [1.165, 1.54) is 0 Å². The molecule has 20 heavy (non-hydrogen) atoms. The van der Waals surface area contributed by atoms with Gasteiger partial charge in [-0.2, -0.15) is 10.5 Å². The molecule has 0 bridgehead atoms. The summed E-state index contributed by atoms with van der Waals surface area (Å²) in [6, 6.07) is 10.2. The molecule has 0 saturated carbocycles. The molecular formula is C13H8ClN5O. The van der Waals surface area contributed by atoms with E-state index >= 15 is 0 Å². The average molecular weight is 286 g/mol. The van der Waals surface area contributed by atoms with Crippen molar-refractivity contribution in [2.24, 2.45) is 0 Å². The molecule has 0 fully saturated rings. The standard InChI is InChI=1S/C13H8ClN5O/c14-10-4-2-1-3-7(10)11-8(5-15)12(17)19(18)13(20)9(11)6-16/h1-4H,17-18H2. The number of halogens is 1. The molecule has 98 valence electrons. The van der Waals surface area contributed by atoms with Gasteiger partial charge in [0.25, 0.3) is 5.56 Å². The average Bonchev–Trinajstić information content (AvgIpc) is 2.45. The predicted molar refractivity (Wildman–Crippen MR) is 75.1 cm³/mol. The lowest BCUT2D eigenvalue weighted by atomic mass is 9.96. The van der Waals surface area contributed by atoms with Gasteiger partial charge in [-0.05, 0) is 6.07 Å². The zero-order valence-corrected chi connectivity index (χ0v) is 10.8. The van der Waals surface area contributed by atoms with E-state index in [1.807, 2.05) is 6.07 Å². The third kappa shape index (κ3) is 1.85. The Morgan fingerprint density at radius 2 is 1.75 bits per heavy atom. The molecule has 0 aliphatic heterocycles. The van der Waals surface area contributed by atoms with Crippen LogP contribution in [0.3, 0.4) is 0 Å². The van der Waals surface area contributed by atoms with Crippen molar-refractivity contribution < 1.29 is 0 Å². The van der Waals surface area contributed by atoms with Gasteiger partial charge in [-0.1, -0.05) is 29.8 Å².